The van der Waals surface area contributed by atoms with Gasteiger partial charge in [-0.05, 0) is 55.9 Å². The van der Waals surface area contributed by atoms with Crippen molar-refractivity contribution in [2.45, 2.75) is 86.1 Å². The third kappa shape index (κ3) is 5.12. The summed E-state index contributed by atoms with van der Waals surface area (Å²) in [6, 6.07) is -0.212. The maximum absolute atomic E-state index is 13.8. The highest BCUT2D eigenvalue weighted by Gasteiger charge is 2.43. The van der Waals surface area contributed by atoms with Crippen molar-refractivity contribution in [1.29, 1.82) is 0 Å². The lowest BCUT2D eigenvalue weighted by Gasteiger charge is -2.21. The maximum atomic E-state index is 13.8. The number of carbonyl (C=O) groups excluding carboxylic acids is 3. The van der Waals surface area contributed by atoms with E-state index in [0.29, 0.717) is 36.1 Å². The van der Waals surface area contributed by atoms with E-state index in [1.54, 1.807) is 6.08 Å². The highest BCUT2D eigenvalue weighted by atomic mass is 16.4. The number of H-pyrrole nitrogens is 2. The largest absolute Gasteiger partial charge is 0.481 e. The van der Waals surface area contributed by atoms with E-state index in [0.717, 1.165) is 75.5 Å². The number of aromatic nitrogens is 2. The number of fused-ring (bicyclic) bond motifs is 1. The highest BCUT2D eigenvalue weighted by molar-refractivity contribution is 6.15. The second kappa shape index (κ2) is 12.0. The number of amides is 1. The predicted molar refractivity (Wildman–Crippen MR) is 170 cm³/mol. The second-order valence-corrected chi connectivity index (χ2v) is 12.5. The third-order valence-electron chi connectivity index (χ3n) is 9.98. The van der Waals surface area contributed by atoms with Crippen LogP contribution in [0.15, 0.2) is 34.5 Å². The molecule has 0 saturated heterocycles. The molecule has 4 N–H and O–H groups in total. The molecule has 3 aliphatic rings. The van der Waals surface area contributed by atoms with E-state index in [4.69, 9.17) is 4.99 Å². The fourth-order valence-electron chi connectivity index (χ4n) is 7.34. The number of hydrogen-bond acceptors (Lipinski definition) is 5. The number of aliphatic imine (C=N–C) groups is 1. The number of nitrogens with zero attached hydrogens (tertiary/aromatic N) is 1. The van der Waals surface area contributed by atoms with Crippen molar-refractivity contribution in [3.63, 3.8) is 0 Å². The van der Waals surface area contributed by atoms with Crippen molar-refractivity contribution >= 4 is 35.2 Å². The number of hydrogen-bond donors (Lipinski definition) is 4. The Morgan fingerprint density at radius 1 is 1.09 bits per heavy atom. The van der Waals surface area contributed by atoms with Crippen molar-refractivity contribution in [3.05, 3.63) is 74.5 Å². The van der Waals surface area contributed by atoms with Crippen molar-refractivity contribution in [3.8, 4) is 0 Å². The van der Waals surface area contributed by atoms with Crippen molar-refractivity contribution in [2.75, 3.05) is 0 Å². The van der Waals surface area contributed by atoms with Crippen LogP contribution in [0.1, 0.15) is 108 Å². The summed E-state index contributed by atoms with van der Waals surface area (Å²) in [7, 11) is 0. The van der Waals surface area contributed by atoms with E-state index >= 15 is 0 Å². The van der Waals surface area contributed by atoms with E-state index in [2.05, 4.69) is 35.7 Å². The minimum atomic E-state index is -0.875. The van der Waals surface area contributed by atoms with Crippen LogP contribution in [0.3, 0.4) is 0 Å². The number of aliphatic carboxylic acids is 1. The molecule has 0 fully saturated rings. The first kappa shape index (κ1) is 31.2. The van der Waals surface area contributed by atoms with Gasteiger partial charge in [0.25, 0.3) is 5.91 Å². The number of carbonyl (C=O) groups is 4. The molecule has 0 saturated carbocycles. The number of nitrogens with one attached hydrogen (secondary N) is 3. The summed E-state index contributed by atoms with van der Waals surface area (Å²) in [5.74, 6) is -1.66. The van der Waals surface area contributed by atoms with E-state index in [-0.39, 0.29) is 36.0 Å². The van der Waals surface area contributed by atoms with Gasteiger partial charge in [0.1, 0.15) is 0 Å². The first-order valence-corrected chi connectivity index (χ1v) is 15.5. The zero-order valence-corrected chi connectivity index (χ0v) is 26.4. The topological polar surface area (TPSA) is 144 Å². The van der Waals surface area contributed by atoms with Crippen LogP contribution in [0, 0.1) is 31.6 Å². The Morgan fingerprint density at radius 3 is 2.43 bits per heavy atom. The van der Waals surface area contributed by atoms with Gasteiger partial charge in [0.15, 0.2) is 12.1 Å². The number of rotatable bonds is 11. The molecule has 0 spiro atoms. The first-order valence-electron chi connectivity index (χ1n) is 15.5. The molecule has 0 radical (unpaired) electrons. The summed E-state index contributed by atoms with van der Waals surface area (Å²) in [4.78, 5) is 61.6. The quantitative estimate of drug-likeness (QED) is 0.241. The number of aldehydes is 1. The zero-order chi connectivity index (χ0) is 32.0. The molecule has 4 heterocycles. The second-order valence-electron chi connectivity index (χ2n) is 12.5. The van der Waals surface area contributed by atoms with E-state index in [1.807, 2.05) is 27.7 Å². The Hall–Kier alpha value is -4.27. The minimum Gasteiger partial charge on any atom is -0.481 e. The lowest BCUT2D eigenvalue weighted by atomic mass is 9.82. The molecule has 5 rings (SSSR count). The van der Waals surface area contributed by atoms with Crippen LogP contribution < -0.4 is 5.32 Å². The van der Waals surface area contributed by atoms with Crippen molar-refractivity contribution in [2.24, 2.45) is 22.7 Å². The number of carboxylic acids is 1. The molecule has 1 amide bonds. The average molecular weight is 599 g/mol. The fraction of sp³-hybridized carbons (Fsp3) is 0.457. The van der Waals surface area contributed by atoms with Gasteiger partial charge in [-0.3, -0.25) is 24.2 Å². The Bertz CT molecular complexity index is 1680. The molecule has 4 atom stereocenters. The first-order chi connectivity index (χ1) is 20.9. The Labute approximate surface area is 258 Å². The van der Waals surface area contributed by atoms with Gasteiger partial charge in [0, 0.05) is 70.8 Å². The Morgan fingerprint density at radius 2 is 1.82 bits per heavy atom. The third-order valence-corrected chi connectivity index (χ3v) is 9.98. The van der Waals surface area contributed by atoms with Gasteiger partial charge in [-0.15, -0.1) is 0 Å². The Kier molecular flexibility index (Phi) is 8.51. The SMILES string of the molecule is C=CC1=C(C)C(CC2=N/C(=C3\c4[nH]c(Cc5[nH]c(C=O)c(C)c5CCC)c(C)c4C(=O)[C@@H]3C)[C@@H](CCC(=O)O)[C@@H]2C)NC1=O. The normalized spacial score (nSPS) is 24.6. The van der Waals surface area contributed by atoms with E-state index in [9.17, 15) is 24.3 Å². The van der Waals surface area contributed by atoms with Gasteiger partial charge in [-0.2, -0.15) is 0 Å². The molecular formula is C35H42N4O5. The van der Waals surface area contributed by atoms with Crippen LogP contribution in [0.2, 0.25) is 0 Å². The summed E-state index contributed by atoms with van der Waals surface area (Å²) in [6.45, 7) is 15.7. The van der Waals surface area contributed by atoms with Crippen LogP contribution in [-0.4, -0.2) is 50.8 Å². The van der Waals surface area contributed by atoms with Crippen molar-refractivity contribution < 1.29 is 24.3 Å². The summed E-state index contributed by atoms with van der Waals surface area (Å²) < 4.78 is 0. The molecule has 2 aromatic heterocycles. The molecule has 0 bridgehead atoms. The number of carboxylic acid groups (broad SMARTS) is 1. The predicted octanol–water partition coefficient (Wildman–Crippen LogP) is 5.82. The van der Waals surface area contributed by atoms with Crippen LogP contribution in [0.25, 0.3) is 5.57 Å². The number of allylic oxidation sites excluding steroid dienone is 2. The summed E-state index contributed by atoms with van der Waals surface area (Å²) in [5.41, 5.74) is 10.9. The van der Waals surface area contributed by atoms with Crippen LogP contribution >= 0.6 is 0 Å². The fourth-order valence-corrected chi connectivity index (χ4v) is 7.34. The highest BCUT2D eigenvalue weighted by Crippen LogP contribution is 2.48. The van der Waals surface area contributed by atoms with Gasteiger partial charge < -0.3 is 20.4 Å². The summed E-state index contributed by atoms with van der Waals surface area (Å²) in [5, 5.41) is 12.6. The smallest absolute Gasteiger partial charge is 0.303 e. The lowest BCUT2D eigenvalue weighted by Crippen LogP contribution is -2.32. The van der Waals surface area contributed by atoms with Gasteiger partial charge in [-0.1, -0.05) is 39.8 Å². The van der Waals surface area contributed by atoms with Gasteiger partial charge in [-0.25, -0.2) is 0 Å². The van der Waals surface area contributed by atoms with Gasteiger partial charge in [0.05, 0.1) is 23.1 Å². The maximum Gasteiger partial charge on any atom is 0.303 e. The molecule has 1 unspecified atom stereocenters. The van der Waals surface area contributed by atoms with E-state index < -0.39 is 11.9 Å². The molecule has 0 aromatic carbocycles. The number of aromatic amines is 2. The molecular weight excluding hydrogens is 556 g/mol. The summed E-state index contributed by atoms with van der Waals surface area (Å²) in [6.07, 6.45) is 5.64. The lowest BCUT2D eigenvalue weighted by molar-refractivity contribution is -0.137. The zero-order valence-electron chi connectivity index (χ0n) is 26.4. The molecule has 232 valence electrons. The Balaban J connectivity index is 1.59. The van der Waals surface area contributed by atoms with E-state index in [1.165, 1.54) is 0 Å². The molecule has 2 aliphatic heterocycles. The van der Waals surface area contributed by atoms with Gasteiger partial charge in [0.2, 0.25) is 0 Å². The molecule has 9 heteroatoms. The van der Waals surface area contributed by atoms with Crippen LogP contribution in [-0.2, 0) is 22.4 Å². The molecule has 9 nitrogen and oxygen atoms in total. The molecule has 2 aromatic rings. The number of ketones is 1. The van der Waals surface area contributed by atoms with Crippen LogP contribution in [0.5, 0.6) is 0 Å². The van der Waals surface area contributed by atoms with Crippen molar-refractivity contribution in [1.82, 2.24) is 15.3 Å². The standard InChI is InChI=1S/C35H42N4O5/c1-8-10-22-17(4)28(15-40)36-27(22)14-26-19(6)31-33(38-26)30(20(7)34(31)43)32-23(11-12-29(41)42)18(5)24(37-32)13-25-16(3)21(9-2)35(44)39-25/h9,15,18,20,23,25,36,38H,2,8,10-14H2,1,3-7H3,(H,39,44)(H,41,42)/b32-30-/t18-,20+,23-,25?/m0/s1. The monoisotopic (exact) mass is 598 g/mol. The molecule has 1 aliphatic carbocycles. The average Bonchev–Trinajstić information content (AvgIpc) is 3.70. The summed E-state index contributed by atoms with van der Waals surface area (Å²) >= 11 is 0. The van der Waals surface area contributed by atoms with Crippen LogP contribution in [0.4, 0.5) is 0 Å². The number of Topliss-reactive ketones (excluding diaryl/α,β-unsaturated/α-hetero) is 1. The minimum absolute atomic E-state index is 0.00999. The van der Waals surface area contributed by atoms with Gasteiger partial charge >= 0.3 is 5.97 Å². The molecule has 44 heavy (non-hydrogen) atoms.